The lowest BCUT2D eigenvalue weighted by Crippen LogP contribution is -2.27. The first-order valence-corrected chi connectivity index (χ1v) is 9.40. The van der Waals surface area contributed by atoms with E-state index in [1.54, 1.807) is 6.07 Å². The van der Waals surface area contributed by atoms with Gasteiger partial charge in [-0.05, 0) is 43.5 Å². The summed E-state index contributed by atoms with van der Waals surface area (Å²) in [4.78, 5) is 26.8. The van der Waals surface area contributed by atoms with Gasteiger partial charge in [-0.1, -0.05) is 24.9 Å². The average molecular weight is 375 g/mol. The van der Waals surface area contributed by atoms with Gasteiger partial charge in [-0.3, -0.25) is 9.59 Å². The molecule has 0 unspecified atom stereocenters. The Hall–Kier alpha value is -2.34. The van der Waals surface area contributed by atoms with Gasteiger partial charge in [-0.2, -0.15) is 5.10 Å². The zero-order valence-corrected chi connectivity index (χ0v) is 15.6. The third-order valence-corrected chi connectivity index (χ3v) is 4.71. The van der Waals surface area contributed by atoms with Crippen LogP contribution < -0.4 is 15.8 Å². The number of hydrogen-bond donors (Lipinski definition) is 1. The van der Waals surface area contributed by atoms with Crippen LogP contribution in [-0.2, 0) is 6.54 Å². The molecule has 1 N–H and O–H groups in total. The maximum absolute atomic E-state index is 12.7. The minimum absolute atomic E-state index is 0.199. The topological polar surface area (TPSA) is 67.2 Å². The molecule has 0 aliphatic carbocycles. The van der Waals surface area contributed by atoms with E-state index in [1.807, 2.05) is 19.1 Å². The lowest BCUT2D eigenvalue weighted by atomic mass is 10.2. The van der Waals surface area contributed by atoms with Crippen molar-refractivity contribution in [1.82, 2.24) is 9.78 Å². The Morgan fingerprint density at radius 2 is 2.00 bits per heavy atom. The third kappa shape index (κ3) is 4.25. The second kappa shape index (κ2) is 8.36. The molecule has 1 aliphatic heterocycles. The highest BCUT2D eigenvalue weighted by Crippen LogP contribution is 2.31. The first-order chi connectivity index (χ1) is 12.6. The molecule has 7 heteroatoms. The fourth-order valence-electron chi connectivity index (χ4n) is 3.07. The van der Waals surface area contributed by atoms with Crippen molar-refractivity contribution in [2.75, 3.05) is 23.3 Å². The van der Waals surface area contributed by atoms with E-state index in [1.165, 1.54) is 16.8 Å². The highest BCUT2D eigenvalue weighted by molar-refractivity contribution is 6.31. The van der Waals surface area contributed by atoms with E-state index in [4.69, 9.17) is 11.6 Å². The Morgan fingerprint density at radius 3 is 2.73 bits per heavy atom. The number of halogens is 1. The Morgan fingerprint density at radius 1 is 1.23 bits per heavy atom. The van der Waals surface area contributed by atoms with E-state index in [9.17, 15) is 9.59 Å². The molecule has 6 nitrogen and oxygen atoms in total. The van der Waals surface area contributed by atoms with E-state index < -0.39 is 0 Å². The molecular formula is C19H23ClN4O2. The minimum atomic E-state index is -0.349. The summed E-state index contributed by atoms with van der Waals surface area (Å²) in [6.07, 6.45) is 4.07. The molecule has 1 fully saturated rings. The lowest BCUT2D eigenvalue weighted by Gasteiger charge is -2.21. The van der Waals surface area contributed by atoms with E-state index in [0.717, 1.165) is 44.5 Å². The zero-order chi connectivity index (χ0) is 18.5. The van der Waals surface area contributed by atoms with E-state index in [0.29, 0.717) is 17.3 Å². The summed E-state index contributed by atoms with van der Waals surface area (Å²) in [5, 5.41) is 7.66. The Labute approximate surface area is 157 Å². The van der Waals surface area contributed by atoms with Crippen LogP contribution in [0.3, 0.4) is 0 Å². The number of unbranched alkanes of at least 4 members (excludes halogenated alkanes) is 1. The fraction of sp³-hybridized carbons (Fsp3) is 0.421. The van der Waals surface area contributed by atoms with Gasteiger partial charge in [0.05, 0.1) is 11.4 Å². The summed E-state index contributed by atoms with van der Waals surface area (Å²) in [6, 6.07) is 8.35. The van der Waals surface area contributed by atoms with Gasteiger partial charge in [0.15, 0.2) is 0 Å². The van der Waals surface area contributed by atoms with Gasteiger partial charge in [0.1, 0.15) is 5.69 Å². The molecule has 3 rings (SSSR count). The van der Waals surface area contributed by atoms with Crippen LogP contribution in [0.2, 0.25) is 5.02 Å². The smallest absolute Gasteiger partial charge is 0.276 e. The number of amides is 1. The molecule has 1 amide bonds. The molecule has 2 aromatic rings. The highest BCUT2D eigenvalue weighted by atomic mass is 35.5. The van der Waals surface area contributed by atoms with Crippen molar-refractivity contribution in [3.63, 3.8) is 0 Å². The number of rotatable bonds is 6. The second-order valence-electron chi connectivity index (χ2n) is 6.44. The van der Waals surface area contributed by atoms with Crippen LogP contribution >= 0.6 is 11.6 Å². The molecule has 2 heterocycles. The van der Waals surface area contributed by atoms with Gasteiger partial charge >= 0.3 is 0 Å². The zero-order valence-electron chi connectivity index (χ0n) is 14.9. The Bertz CT molecular complexity index is 844. The maximum Gasteiger partial charge on any atom is 0.276 e. The number of nitrogens with zero attached hydrogens (tertiary/aromatic N) is 3. The number of anilines is 2. The largest absolute Gasteiger partial charge is 0.370 e. The number of carbonyl (C=O) groups excluding carboxylic acids is 1. The Kier molecular flexibility index (Phi) is 5.93. The predicted molar refractivity (Wildman–Crippen MR) is 104 cm³/mol. The predicted octanol–water partition coefficient (Wildman–Crippen LogP) is 3.55. The molecule has 0 radical (unpaired) electrons. The molecule has 1 aromatic heterocycles. The number of aromatic nitrogens is 2. The van der Waals surface area contributed by atoms with Gasteiger partial charge in [0.2, 0.25) is 0 Å². The van der Waals surface area contributed by atoms with Crippen LogP contribution in [0.1, 0.15) is 43.1 Å². The summed E-state index contributed by atoms with van der Waals surface area (Å²) >= 11 is 6.13. The van der Waals surface area contributed by atoms with Gasteiger partial charge in [0, 0.05) is 30.7 Å². The van der Waals surface area contributed by atoms with Crippen LogP contribution in [0, 0.1) is 0 Å². The van der Waals surface area contributed by atoms with Crippen molar-refractivity contribution < 1.29 is 4.79 Å². The molecule has 0 atom stereocenters. The lowest BCUT2D eigenvalue weighted by molar-refractivity contribution is 0.102. The van der Waals surface area contributed by atoms with Crippen LogP contribution in [0.5, 0.6) is 0 Å². The van der Waals surface area contributed by atoms with Crippen LogP contribution in [0.15, 0.2) is 35.1 Å². The molecule has 0 spiro atoms. The molecule has 1 saturated heterocycles. The first kappa shape index (κ1) is 18.5. The SMILES string of the molecule is CCCCn1nc(C(=O)Nc2cc(Cl)ccc2N2CCCC2)ccc1=O. The van der Waals surface area contributed by atoms with Crippen molar-refractivity contribution in [3.8, 4) is 0 Å². The van der Waals surface area contributed by atoms with Gasteiger partial charge in [0.25, 0.3) is 11.5 Å². The van der Waals surface area contributed by atoms with Crippen molar-refractivity contribution in [2.24, 2.45) is 0 Å². The van der Waals surface area contributed by atoms with Crippen molar-refractivity contribution in [2.45, 2.75) is 39.2 Å². The molecule has 138 valence electrons. The normalized spacial score (nSPS) is 13.8. The maximum atomic E-state index is 12.7. The van der Waals surface area contributed by atoms with Crippen LogP contribution in [0.25, 0.3) is 0 Å². The van der Waals surface area contributed by atoms with Crippen molar-refractivity contribution in [1.29, 1.82) is 0 Å². The number of benzene rings is 1. The molecule has 0 bridgehead atoms. The number of carbonyl (C=O) groups is 1. The molecule has 26 heavy (non-hydrogen) atoms. The van der Waals surface area contributed by atoms with Crippen molar-refractivity contribution in [3.05, 3.63) is 51.4 Å². The summed E-state index contributed by atoms with van der Waals surface area (Å²) in [5.74, 6) is -0.349. The number of hydrogen-bond acceptors (Lipinski definition) is 4. The van der Waals surface area contributed by atoms with Crippen LogP contribution in [0.4, 0.5) is 11.4 Å². The number of aryl methyl sites for hydroxylation is 1. The average Bonchev–Trinajstić information content (AvgIpc) is 3.15. The summed E-state index contributed by atoms with van der Waals surface area (Å²) < 4.78 is 1.35. The second-order valence-corrected chi connectivity index (χ2v) is 6.88. The van der Waals surface area contributed by atoms with E-state index in [-0.39, 0.29) is 17.2 Å². The van der Waals surface area contributed by atoms with Gasteiger partial charge in [-0.25, -0.2) is 4.68 Å². The molecule has 1 aliphatic rings. The van der Waals surface area contributed by atoms with E-state index in [2.05, 4.69) is 15.3 Å². The molecular weight excluding hydrogens is 352 g/mol. The van der Waals surface area contributed by atoms with Gasteiger partial charge in [-0.15, -0.1) is 0 Å². The number of nitrogens with one attached hydrogen (secondary N) is 1. The summed E-state index contributed by atoms with van der Waals surface area (Å²) in [7, 11) is 0. The minimum Gasteiger partial charge on any atom is -0.370 e. The molecule has 0 saturated carbocycles. The third-order valence-electron chi connectivity index (χ3n) is 4.48. The van der Waals surface area contributed by atoms with Crippen LogP contribution in [-0.4, -0.2) is 28.8 Å². The monoisotopic (exact) mass is 374 g/mol. The van der Waals surface area contributed by atoms with Crippen molar-refractivity contribution >= 4 is 28.9 Å². The standard InChI is InChI=1S/C19H23ClN4O2/c1-2-3-12-24-18(25)9-7-15(22-24)19(26)21-16-13-14(20)6-8-17(16)23-10-4-5-11-23/h6-9,13H,2-5,10-12H2,1H3,(H,21,26). The quantitative estimate of drug-likeness (QED) is 0.839. The highest BCUT2D eigenvalue weighted by Gasteiger charge is 2.18. The molecule has 1 aromatic carbocycles. The first-order valence-electron chi connectivity index (χ1n) is 9.02. The fourth-order valence-corrected chi connectivity index (χ4v) is 3.24. The van der Waals surface area contributed by atoms with Gasteiger partial charge < -0.3 is 10.2 Å². The van der Waals surface area contributed by atoms with E-state index >= 15 is 0 Å². The summed E-state index contributed by atoms with van der Waals surface area (Å²) in [6.45, 7) is 4.47. The Balaban J connectivity index is 1.84. The summed E-state index contributed by atoms with van der Waals surface area (Å²) in [5.41, 5.74) is 1.64.